The number of nitrogens with zero attached hydrogens (tertiary/aromatic N) is 3. The number of rotatable bonds is 8. The van der Waals surface area contributed by atoms with E-state index in [1.165, 1.54) is 5.56 Å². The van der Waals surface area contributed by atoms with Crippen LogP contribution in [-0.2, 0) is 13.1 Å². The fraction of sp³-hybridized carbons (Fsp3) is 0.412. The van der Waals surface area contributed by atoms with Crippen LogP contribution in [0.15, 0.2) is 42.7 Å². The second-order valence-electron chi connectivity index (χ2n) is 5.04. The van der Waals surface area contributed by atoms with Crippen molar-refractivity contribution in [1.29, 1.82) is 0 Å². The Labute approximate surface area is 127 Å². The average Bonchev–Trinajstić information content (AvgIpc) is 2.55. The SMILES string of the molecule is CCCNCc1ccc(N(CC)Cc2ccccn2)nc1. The molecule has 4 heteroatoms. The number of aromatic nitrogens is 2. The van der Waals surface area contributed by atoms with Gasteiger partial charge in [0.15, 0.2) is 0 Å². The quantitative estimate of drug-likeness (QED) is 0.757. The van der Waals surface area contributed by atoms with Gasteiger partial charge < -0.3 is 10.2 Å². The van der Waals surface area contributed by atoms with Crippen LogP contribution in [-0.4, -0.2) is 23.1 Å². The lowest BCUT2D eigenvalue weighted by molar-refractivity contribution is 0.673. The summed E-state index contributed by atoms with van der Waals surface area (Å²) in [6.45, 7) is 7.94. The molecule has 0 saturated carbocycles. The largest absolute Gasteiger partial charge is 0.351 e. The average molecular weight is 284 g/mol. The first-order valence-electron chi connectivity index (χ1n) is 7.64. The summed E-state index contributed by atoms with van der Waals surface area (Å²) < 4.78 is 0. The summed E-state index contributed by atoms with van der Waals surface area (Å²) in [5, 5.41) is 3.39. The van der Waals surface area contributed by atoms with E-state index < -0.39 is 0 Å². The molecule has 2 aromatic rings. The molecule has 1 N–H and O–H groups in total. The van der Waals surface area contributed by atoms with Crippen molar-refractivity contribution in [3.8, 4) is 0 Å². The Hall–Kier alpha value is -1.94. The van der Waals surface area contributed by atoms with Gasteiger partial charge in [0.25, 0.3) is 0 Å². The van der Waals surface area contributed by atoms with Crippen LogP contribution >= 0.6 is 0 Å². The van der Waals surface area contributed by atoms with Gasteiger partial charge in [-0.15, -0.1) is 0 Å². The van der Waals surface area contributed by atoms with Gasteiger partial charge >= 0.3 is 0 Å². The number of hydrogen-bond acceptors (Lipinski definition) is 4. The van der Waals surface area contributed by atoms with Gasteiger partial charge in [-0.2, -0.15) is 0 Å². The first kappa shape index (κ1) is 15.4. The van der Waals surface area contributed by atoms with Gasteiger partial charge in [-0.1, -0.05) is 19.1 Å². The molecule has 2 heterocycles. The summed E-state index contributed by atoms with van der Waals surface area (Å²) in [7, 11) is 0. The van der Waals surface area contributed by atoms with Crippen LogP contribution in [0, 0.1) is 0 Å². The zero-order chi connectivity index (χ0) is 14.9. The van der Waals surface area contributed by atoms with E-state index in [1.807, 2.05) is 30.6 Å². The molecule has 112 valence electrons. The number of nitrogens with one attached hydrogen (secondary N) is 1. The molecular weight excluding hydrogens is 260 g/mol. The van der Waals surface area contributed by atoms with E-state index in [0.717, 1.165) is 44.1 Å². The van der Waals surface area contributed by atoms with Gasteiger partial charge in [0, 0.05) is 25.5 Å². The monoisotopic (exact) mass is 284 g/mol. The van der Waals surface area contributed by atoms with Crippen molar-refractivity contribution >= 4 is 5.82 Å². The third-order valence-electron chi connectivity index (χ3n) is 3.35. The molecule has 0 saturated heterocycles. The van der Waals surface area contributed by atoms with Crippen molar-refractivity contribution in [3.63, 3.8) is 0 Å². The zero-order valence-corrected chi connectivity index (χ0v) is 12.9. The highest BCUT2D eigenvalue weighted by Gasteiger charge is 2.07. The molecule has 0 unspecified atom stereocenters. The van der Waals surface area contributed by atoms with Crippen LogP contribution in [0.5, 0.6) is 0 Å². The van der Waals surface area contributed by atoms with Crippen molar-refractivity contribution in [3.05, 3.63) is 54.0 Å². The van der Waals surface area contributed by atoms with Gasteiger partial charge in [0.05, 0.1) is 12.2 Å². The van der Waals surface area contributed by atoms with E-state index in [0.29, 0.717) is 0 Å². The van der Waals surface area contributed by atoms with Crippen molar-refractivity contribution in [2.75, 3.05) is 18.0 Å². The van der Waals surface area contributed by atoms with Crippen molar-refractivity contribution in [1.82, 2.24) is 15.3 Å². The lowest BCUT2D eigenvalue weighted by atomic mass is 10.2. The maximum Gasteiger partial charge on any atom is 0.128 e. The van der Waals surface area contributed by atoms with E-state index in [2.05, 4.69) is 46.2 Å². The third-order valence-corrected chi connectivity index (χ3v) is 3.35. The molecule has 0 aliphatic rings. The van der Waals surface area contributed by atoms with Gasteiger partial charge in [-0.3, -0.25) is 4.98 Å². The topological polar surface area (TPSA) is 41.0 Å². The van der Waals surface area contributed by atoms with Gasteiger partial charge in [0.2, 0.25) is 0 Å². The molecule has 0 amide bonds. The molecule has 2 aromatic heterocycles. The van der Waals surface area contributed by atoms with Crippen molar-refractivity contribution in [2.24, 2.45) is 0 Å². The van der Waals surface area contributed by atoms with Gasteiger partial charge in [-0.25, -0.2) is 4.98 Å². The van der Waals surface area contributed by atoms with Crippen LogP contribution < -0.4 is 10.2 Å². The minimum absolute atomic E-state index is 0.789. The van der Waals surface area contributed by atoms with Crippen LogP contribution in [0.4, 0.5) is 5.82 Å². The Balaban J connectivity index is 1.98. The van der Waals surface area contributed by atoms with Crippen LogP contribution in [0.3, 0.4) is 0 Å². The Bertz CT molecular complexity index is 510. The summed E-state index contributed by atoms with van der Waals surface area (Å²) >= 11 is 0. The Kier molecular flexibility index (Phi) is 6.16. The summed E-state index contributed by atoms with van der Waals surface area (Å²) in [6, 6.07) is 10.2. The first-order chi connectivity index (χ1) is 10.3. The number of anilines is 1. The third kappa shape index (κ3) is 4.83. The van der Waals surface area contributed by atoms with Gasteiger partial charge in [-0.05, 0) is 43.7 Å². The molecule has 2 rings (SSSR count). The van der Waals surface area contributed by atoms with Gasteiger partial charge in [0.1, 0.15) is 5.82 Å². The predicted octanol–water partition coefficient (Wildman–Crippen LogP) is 3.00. The minimum atomic E-state index is 0.789. The molecule has 4 nitrogen and oxygen atoms in total. The second-order valence-corrected chi connectivity index (χ2v) is 5.04. The van der Waals surface area contributed by atoms with E-state index in [9.17, 15) is 0 Å². The number of hydrogen-bond donors (Lipinski definition) is 1. The molecule has 21 heavy (non-hydrogen) atoms. The molecule has 0 spiro atoms. The molecule has 0 atom stereocenters. The predicted molar refractivity (Wildman–Crippen MR) is 87.2 cm³/mol. The minimum Gasteiger partial charge on any atom is -0.351 e. The summed E-state index contributed by atoms with van der Waals surface area (Å²) in [5.74, 6) is 1.00. The van der Waals surface area contributed by atoms with E-state index in [4.69, 9.17) is 0 Å². The fourth-order valence-corrected chi connectivity index (χ4v) is 2.16. The molecule has 0 aliphatic heterocycles. The maximum absolute atomic E-state index is 4.58. The smallest absolute Gasteiger partial charge is 0.128 e. The van der Waals surface area contributed by atoms with Crippen molar-refractivity contribution in [2.45, 2.75) is 33.4 Å². The zero-order valence-electron chi connectivity index (χ0n) is 12.9. The van der Waals surface area contributed by atoms with Crippen LogP contribution in [0.1, 0.15) is 31.5 Å². The summed E-state index contributed by atoms with van der Waals surface area (Å²) in [5.41, 5.74) is 2.29. The molecule has 0 aromatic carbocycles. The Morgan fingerprint density at radius 1 is 1.10 bits per heavy atom. The van der Waals surface area contributed by atoms with Crippen LogP contribution in [0.25, 0.3) is 0 Å². The first-order valence-corrected chi connectivity index (χ1v) is 7.64. The number of pyridine rings is 2. The summed E-state index contributed by atoms with van der Waals surface area (Å²) in [4.78, 5) is 11.2. The Morgan fingerprint density at radius 2 is 2.00 bits per heavy atom. The van der Waals surface area contributed by atoms with E-state index >= 15 is 0 Å². The van der Waals surface area contributed by atoms with E-state index in [1.54, 1.807) is 0 Å². The lowest BCUT2D eigenvalue weighted by Gasteiger charge is -2.21. The highest BCUT2D eigenvalue weighted by Crippen LogP contribution is 2.14. The van der Waals surface area contributed by atoms with Crippen LogP contribution in [0.2, 0.25) is 0 Å². The maximum atomic E-state index is 4.58. The fourth-order valence-electron chi connectivity index (χ4n) is 2.16. The molecule has 0 radical (unpaired) electrons. The normalized spacial score (nSPS) is 10.6. The lowest BCUT2D eigenvalue weighted by Crippen LogP contribution is -2.23. The van der Waals surface area contributed by atoms with E-state index in [-0.39, 0.29) is 0 Å². The molecule has 0 fully saturated rings. The summed E-state index contributed by atoms with van der Waals surface area (Å²) in [6.07, 6.45) is 4.94. The standard InChI is InChI=1S/C17H24N4/c1-3-10-18-12-15-8-9-17(20-13-15)21(4-2)14-16-7-5-6-11-19-16/h5-9,11,13,18H,3-4,10,12,14H2,1-2H3. The highest BCUT2D eigenvalue weighted by molar-refractivity contribution is 5.39. The molecule has 0 aliphatic carbocycles. The Morgan fingerprint density at radius 3 is 2.62 bits per heavy atom. The van der Waals surface area contributed by atoms with Crippen molar-refractivity contribution < 1.29 is 0 Å². The second kappa shape index (κ2) is 8.37. The highest BCUT2D eigenvalue weighted by atomic mass is 15.2. The molecule has 0 bridgehead atoms. The molecular formula is C17H24N4.